The molecule has 12 aromatic rings. The molecule has 4 heterocycles. The van der Waals surface area contributed by atoms with E-state index < -0.39 is 0 Å². The summed E-state index contributed by atoms with van der Waals surface area (Å²) in [5.41, 5.74) is 9.01. The van der Waals surface area contributed by atoms with E-state index in [2.05, 4.69) is 168 Å². The molecular weight excluding hydrogens is 667 g/mol. The number of nitrogens with zero attached hydrogens (tertiary/aromatic N) is 3. The maximum absolute atomic E-state index is 6.69. The maximum atomic E-state index is 6.69. The molecule has 0 saturated carbocycles. The van der Waals surface area contributed by atoms with Gasteiger partial charge in [-0.3, -0.25) is 0 Å². The molecule has 0 spiro atoms. The van der Waals surface area contributed by atoms with Crippen molar-refractivity contribution >= 4 is 96.9 Å². The summed E-state index contributed by atoms with van der Waals surface area (Å²) in [5.74, 6) is 0.685. The number of para-hydroxylation sites is 1. The first kappa shape index (κ1) is 28.8. The van der Waals surface area contributed by atoms with Gasteiger partial charge < -0.3 is 8.98 Å². The summed E-state index contributed by atoms with van der Waals surface area (Å²) >= 11 is 1.75. The normalized spacial score (nSPS) is 12.2. The van der Waals surface area contributed by atoms with Gasteiger partial charge in [-0.1, -0.05) is 103 Å². The Kier molecular flexibility index (Phi) is 5.90. The molecule has 8 aromatic carbocycles. The Bertz CT molecular complexity index is 3480. The van der Waals surface area contributed by atoms with E-state index in [1.54, 1.807) is 11.3 Å². The van der Waals surface area contributed by atoms with Crippen LogP contribution in [0, 0.1) is 0 Å². The quantitative estimate of drug-likeness (QED) is 0.185. The highest BCUT2D eigenvalue weighted by Gasteiger charge is 2.19. The smallest absolute Gasteiger partial charge is 0.160 e. The Morgan fingerprint density at radius 1 is 0.453 bits per heavy atom. The van der Waals surface area contributed by atoms with Crippen molar-refractivity contribution in [2.24, 2.45) is 0 Å². The fraction of sp³-hybridized carbons (Fsp3) is 0. The number of benzene rings is 8. The summed E-state index contributed by atoms with van der Waals surface area (Å²) in [6.45, 7) is 0. The van der Waals surface area contributed by atoms with E-state index in [0.29, 0.717) is 5.82 Å². The third-order valence-electron chi connectivity index (χ3n) is 10.8. The Labute approximate surface area is 306 Å². The molecule has 53 heavy (non-hydrogen) atoms. The third-order valence-corrected chi connectivity index (χ3v) is 11.9. The molecule has 4 aromatic heterocycles. The predicted molar refractivity (Wildman–Crippen MR) is 222 cm³/mol. The lowest BCUT2D eigenvalue weighted by molar-refractivity contribution is 0.669. The van der Waals surface area contributed by atoms with Gasteiger partial charge in [-0.25, -0.2) is 9.97 Å². The second-order valence-corrected chi connectivity index (χ2v) is 14.8. The lowest BCUT2D eigenvalue weighted by Gasteiger charge is -2.08. The van der Waals surface area contributed by atoms with Gasteiger partial charge in [-0.2, -0.15) is 0 Å². The molecule has 0 aliphatic carbocycles. The molecule has 0 atom stereocenters. The van der Waals surface area contributed by atoms with E-state index in [4.69, 9.17) is 14.4 Å². The standard InChI is InChI=1S/C48H27N3OS/c1-2-10-29-23-32(18-17-28(29)9-1)45-47-46(38-14-6-8-16-44(38)53-47)50-48(49-45)33-19-21-36-37-22-20-34(27-43(37)52-42(36)26-33)51-40-15-7-5-13-35(40)39-24-30-11-3-4-12-31(30)25-41(39)51/h1-27H. The van der Waals surface area contributed by atoms with Gasteiger partial charge in [0.15, 0.2) is 5.82 Å². The van der Waals surface area contributed by atoms with Crippen molar-refractivity contribution in [2.45, 2.75) is 0 Å². The lowest BCUT2D eigenvalue weighted by Crippen LogP contribution is -1.93. The summed E-state index contributed by atoms with van der Waals surface area (Å²) < 4.78 is 11.3. The van der Waals surface area contributed by atoms with Crippen LogP contribution in [-0.2, 0) is 0 Å². The van der Waals surface area contributed by atoms with Crippen LogP contribution in [0.5, 0.6) is 0 Å². The molecule has 5 heteroatoms. The van der Waals surface area contributed by atoms with Crippen molar-refractivity contribution in [3.8, 4) is 28.3 Å². The fourth-order valence-corrected chi connectivity index (χ4v) is 9.38. The molecule has 12 rings (SSSR count). The monoisotopic (exact) mass is 693 g/mol. The topological polar surface area (TPSA) is 43.9 Å². The minimum atomic E-state index is 0.685. The van der Waals surface area contributed by atoms with Crippen molar-refractivity contribution in [2.75, 3.05) is 0 Å². The summed E-state index contributed by atoms with van der Waals surface area (Å²) in [5, 5.41) is 10.6. The molecule has 0 N–H and O–H groups in total. The zero-order valence-electron chi connectivity index (χ0n) is 28.2. The van der Waals surface area contributed by atoms with E-state index >= 15 is 0 Å². The summed E-state index contributed by atoms with van der Waals surface area (Å²) in [6, 6.07) is 58.4. The Hall–Kier alpha value is -6.82. The van der Waals surface area contributed by atoms with Crippen LogP contribution < -0.4 is 0 Å². The van der Waals surface area contributed by atoms with E-state index in [9.17, 15) is 0 Å². The van der Waals surface area contributed by atoms with Gasteiger partial charge in [0.05, 0.1) is 26.9 Å². The molecule has 0 bridgehead atoms. The number of rotatable bonds is 3. The van der Waals surface area contributed by atoms with Crippen molar-refractivity contribution in [1.82, 2.24) is 14.5 Å². The molecular formula is C48H27N3OS. The minimum Gasteiger partial charge on any atom is -0.456 e. The Morgan fingerprint density at radius 3 is 2.00 bits per heavy atom. The van der Waals surface area contributed by atoms with Crippen LogP contribution in [0.4, 0.5) is 0 Å². The highest BCUT2D eigenvalue weighted by Crippen LogP contribution is 2.41. The SMILES string of the molecule is c1ccc2cc(-c3nc(-c4ccc5c(c4)oc4cc(-n6c7ccccc7c7cc8ccccc8cc76)ccc45)nc4c3sc3ccccc34)ccc2c1. The van der Waals surface area contributed by atoms with Crippen LogP contribution >= 0.6 is 11.3 Å². The van der Waals surface area contributed by atoms with Gasteiger partial charge in [0.2, 0.25) is 0 Å². The zero-order chi connectivity index (χ0) is 34.6. The summed E-state index contributed by atoms with van der Waals surface area (Å²) in [6.07, 6.45) is 0. The van der Waals surface area contributed by atoms with E-state index in [-0.39, 0.29) is 0 Å². The van der Waals surface area contributed by atoms with Gasteiger partial charge in [-0.15, -0.1) is 11.3 Å². The number of furan rings is 1. The maximum Gasteiger partial charge on any atom is 0.160 e. The van der Waals surface area contributed by atoms with Crippen molar-refractivity contribution in [3.63, 3.8) is 0 Å². The predicted octanol–water partition coefficient (Wildman–Crippen LogP) is 13.5. The van der Waals surface area contributed by atoms with Crippen LogP contribution in [-0.4, -0.2) is 14.5 Å². The minimum absolute atomic E-state index is 0.685. The van der Waals surface area contributed by atoms with Gasteiger partial charge >= 0.3 is 0 Å². The van der Waals surface area contributed by atoms with Crippen molar-refractivity contribution < 1.29 is 4.42 Å². The van der Waals surface area contributed by atoms with Crippen molar-refractivity contribution in [1.29, 1.82) is 0 Å². The molecule has 246 valence electrons. The van der Waals surface area contributed by atoms with Gasteiger partial charge in [0, 0.05) is 54.5 Å². The Balaban J connectivity index is 1.04. The highest BCUT2D eigenvalue weighted by atomic mass is 32.1. The van der Waals surface area contributed by atoms with Crippen LogP contribution in [0.25, 0.3) is 114 Å². The number of hydrogen-bond acceptors (Lipinski definition) is 4. The van der Waals surface area contributed by atoms with Crippen LogP contribution in [0.15, 0.2) is 168 Å². The van der Waals surface area contributed by atoms with Crippen LogP contribution in [0.3, 0.4) is 0 Å². The third kappa shape index (κ3) is 4.29. The molecule has 0 fully saturated rings. The lowest BCUT2D eigenvalue weighted by atomic mass is 10.0. The molecule has 0 aliphatic rings. The van der Waals surface area contributed by atoms with Gasteiger partial charge in [0.1, 0.15) is 11.2 Å². The van der Waals surface area contributed by atoms with Crippen molar-refractivity contribution in [3.05, 3.63) is 164 Å². The van der Waals surface area contributed by atoms with E-state index in [0.717, 1.165) is 60.0 Å². The highest BCUT2D eigenvalue weighted by molar-refractivity contribution is 7.26. The van der Waals surface area contributed by atoms with Crippen LogP contribution in [0.2, 0.25) is 0 Å². The first-order valence-corrected chi connectivity index (χ1v) is 18.6. The molecule has 0 radical (unpaired) electrons. The van der Waals surface area contributed by atoms with E-state index in [1.807, 2.05) is 0 Å². The zero-order valence-corrected chi connectivity index (χ0v) is 29.1. The first-order valence-electron chi connectivity index (χ1n) is 17.8. The largest absolute Gasteiger partial charge is 0.456 e. The Morgan fingerprint density at radius 2 is 1.13 bits per heavy atom. The van der Waals surface area contributed by atoms with Crippen LogP contribution in [0.1, 0.15) is 0 Å². The van der Waals surface area contributed by atoms with Gasteiger partial charge in [-0.05, 0) is 76.1 Å². The number of hydrogen-bond donors (Lipinski definition) is 0. The van der Waals surface area contributed by atoms with E-state index in [1.165, 1.54) is 48.1 Å². The summed E-state index contributed by atoms with van der Waals surface area (Å²) in [7, 11) is 0. The average Bonchev–Trinajstić information content (AvgIpc) is 3.88. The molecule has 0 saturated heterocycles. The molecule has 0 unspecified atom stereocenters. The fourth-order valence-electron chi connectivity index (χ4n) is 8.23. The molecule has 0 amide bonds. The average molecular weight is 694 g/mol. The van der Waals surface area contributed by atoms with Gasteiger partial charge in [0.25, 0.3) is 0 Å². The number of fused-ring (bicyclic) bond motifs is 11. The second-order valence-electron chi connectivity index (χ2n) is 13.8. The number of thiophene rings is 1. The second kappa shape index (κ2) is 10.8. The number of aromatic nitrogens is 3. The first-order chi connectivity index (χ1) is 26.2. The molecule has 0 aliphatic heterocycles. The summed E-state index contributed by atoms with van der Waals surface area (Å²) in [4.78, 5) is 10.5. The molecule has 4 nitrogen and oxygen atoms in total.